The van der Waals surface area contributed by atoms with Crippen molar-refractivity contribution in [1.82, 2.24) is 9.97 Å². The fraction of sp³-hybridized carbons (Fsp3) is 0.267. The van der Waals surface area contributed by atoms with Crippen LogP contribution < -0.4 is 4.90 Å². The molecule has 1 aromatic carbocycles. The summed E-state index contributed by atoms with van der Waals surface area (Å²) in [5.41, 5.74) is 1.60. The Morgan fingerprint density at radius 1 is 1.25 bits per heavy atom. The van der Waals surface area contributed by atoms with Crippen LogP contribution in [0.1, 0.15) is 30.1 Å². The third-order valence-corrected chi connectivity index (χ3v) is 3.56. The third kappa shape index (κ3) is 2.59. The maximum atomic E-state index is 8.82. The van der Waals surface area contributed by atoms with Crippen LogP contribution in [0.2, 0.25) is 5.15 Å². The van der Waals surface area contributed by atoms with E-state index in [-0.39, 0.29) is 0 Å². The lowest BCUT2D eigenvalue weighted by Crippen LogP contribution is -2.12. The molecule has 4 nitrogen and oxygen atoms in total. The van der Waals surface area contributed by atoms with Crippen molar-refractivity contribution < 1.29 is 0 Å². The van der Waals surface area contributed by atoms with Crippen LogP contribution in [0.3, 0.4) is 0 Å². The van der Waals surface area contributed by atoms with Gasteiger partial charge in [-0.3, -0.25) is 0 Å². The highest BCUT2D eigenvalue weighted by Crippen LogP contribution is 2.39. The second-order valence-corrected chi connectivity index (χ2v) is 5.29. The van der Waals surface area contributed by atoms with Gasteiger partial charge < -0.3 is 4.90 Å². The summed E-state index contributed by atoms with van der Waals surface area (Å²) in [6.45, 7) is 0. The molecule has 0 saturated heterocycles. The molecule has 1 heterocycles. The van der Waals surface area contributed by atoms with Crippen LogP contribution in [0.4, 0.5) is 11.5 Å². The molecule has 0 atom stereocenters. The Labute approximate surface area is 122 Å². The Morgan fingerprint density at radius 2 is 1.95 bits per heavy atom. The van der Waals surface area contributed by atoms with Crippen LogP contribution in [0.25, 0.3) is 0 Å². The number of halogens is 1. The molecule has 1 saturated carbocycles. The third-order valence-electron chi connectivity index (χ3n) is 3.37. The molecule has 100 valence electrons. The van der Waals surface area contributed by atoms with Crippen molar-refractivity contribution in [3.05, 3.63) is 46.9 Å². The zero-order valence-electron chi connectivity index (χ0n) is 11.0. The smallest absolute Gasteiger partial charge is 0.137 e. The molecule has 0 unspecified atom stereocenters. The standard InChI is InChI=1S/C15H13ClN4/c1-20(12-6-2-10(9-17)3-7-12)14-8-13(16)18-15(19-14)11-4-5-11/h2-3,6-8,11H,4-5H2,1H3. The summed E-state index contributed by atoms with van der Waals surface area (Å²) in [5, 5.41) is 9.29. The van der Waals surface area contributed by atoms with Crippen molar-refractivity contribution in [2.75, 3.05) is 11.9 Å². The average Bonchev–Trinajstić information content (AvgIpc) is 3.30. The number of benzene rings is 1. The number of hydrogen-bond acceptors (Lipinski definition) is 4. The molecule has 20 heavy (non-hydrogen) atoms. The van der Waals surface area contributed by atoms with Gasteiger partial charge in [-0.25, -0.2) is 9.97 Å². The van der Waals surface area contributed by atoms with E-state index in [0.717, 1.165) is 30.2 Å². The van der Waals surface area contributed by atoms with Crippen molar-refractivity contribution in [3.63, 3.8) is 0 Å². The Balaban J connectivity index is 1.92. The molecule has 0 N–H and O–H groups in total. The summed E-state index contributed by atoms with van der Waals surface area (Å²) in [6.07, 6.45) is 2.28. The van der Waals surface area contributed by atoms with Gasteiger partial charge in [-0.15, -0.1) is 0 Å². The fourth-order valence-corrected chi connectivity index (χ4v) is 2.19. The number of nitriles is 1. The number of rotatable bonds is 3. The van der Waals surface area contributed by atoms with Crippen LogP contribution in [-0.4, -0.2) is 17.0 Å². The number of hydrogen-bond donors (Lipinski definition) is 0. The average molecular weight is 285 g/mol. The summed E-state index contributed by atoms with van der Waals surface area (Å²) < 4.78 is 0. The lowest BCUT2D eigenvalue weighted by Gasteiger charge is -2.19. The number of aromatic nitrogens is 2. The van der Waals surface area contributed by atoms with Gasteiger partial charge >= 0.3 is 0 Å². The number of anilines is 2. The Morgan fingerprint density at radius 3 is 2.55 bits per heavy atom. The topological polar surface area (TPSA) is 52.8 Å². The van der Waals surface area contributed by atoms with E-state index < -0.39 is 0 Å². The van der Waals surface area contributed by atoms with E-state index in [4.69, 9.17) is 16.9 Å². The summed E-state index contributed by atoms with van der Waals surface area (Å²) in [4.78, 5) is 10.8. The van der Waals surface area contributed by atoms with Gasteiger partial charge in [-0.05, 0) is 37.1 Å². The van der Waals surface area contributed by atoms with Gasteiger partial charge in [-0.2, -0.15) is 5.26 Å². The predicted molar refractivity (Wildman–Crippen MR) is 78.2 cm³/mol. The molecule has 0 bridgehead atoms. The zero-order valence-corrected chi connectivity index (χ0v) is 11.8. The molecule has 0 amide bonds. The van der Waals surface area contributed by atoms with Crippen LogP contribution in [-0.2, 0) is 0 Å². The minimum Gasteiger partial charge on any atom is -0.329 e. The van der Waals surface area contributed by atoms with Crippen molar-refractivity contribution >= 4 is 23.1 Å². The molecular formula is C15H13ClN4. The first-order chi connectivity index (χ1) is 9.67. The van der Waals surface area contributed by atoms with Crippen LogP contribution in [0.15, 0.2) is 30.3 Å². The first kappa shape index (κ1) is 12.9. The van der Waals surface area contributed by atoms with Crippen LogP contribution >= 0.6 is 11.6 Å². The molecule has 3 rings (SSSR count). The largest absolute Gasteiger partial charge is 0.329 e. The first-order valence-corrected chi connectivity index (χ1v) is 6.83. The SMILES string of the molecule is CN(c1ccc(C#N)cc1)c1cc(Cl)nc(C2CC2)n1. The van der Waals surface area contributed by atoms with Gasteiger partial charge in [0.2, 0.25) is 0 Å². The van der Waals surface area contributed by atoms with E-state index in [1.807, 2.05) is 24.1 Å². The number of nitrogens with zero attached hydrogens (tertiary/aromatic N) is 4. The van der Waals surface area contributed by atoms with Gasteiger partial charge in [0.1, 0.15) is 16.8 Å². The minimum atomic E-state index is 0.460. The van der Waals surface area contributed by atoms with E-state index in [1.54, 1.807) is 18.2 Å². The van der Waals surface area contributed by atoms with Crippen molar-refractivity contribution in [2.24, 2.45) is 0 Å². The predicted octanol–water partition coefficient (Wildman–Crippen LogP) is 3.65. The summed E-state index contributed by atoms with van der Waals surface area (Å²) in [7, 11) is 1.93. The fourth-order valence-electron chi connectivity index (χ4n) is 2.01. The first-order valence-electron chi connectivity index (χ1n) is 6.46. The van der Waals surface area contributed by atoms with E-state index >= 15 is 0 Å². The molecule has 0 aliphatic heterocycles. The summed E-state index contributed by atoms with van der Waals surface area (Å²) >= 11 is 6.08. The van der Waals surface area contributed by atoms with Gasteiger partial charge in [0.15, 0.2) is 0 Å². The Kier molecular flexibility index (Phi) is 3.29. The molecule has 0 radical (unpaired) electrons. The molecular weight excluding hydrogens is 272 g/mol. The molecule has 2 aromatic rings. The summed E-state index contributed by atoms with van der Waals surface area (Å²) in [6, 6.07) is 11.2. The van der Waals surface area contributed by atoms with Gasteiger partial charge in [0.05, 0.1) is 11.6 Å². The molecule has 1 aliphatic rings. The zero-order chi connectivity index (χ0) is 14.1. The lowest BCUT2D eigenvalue weighted by molar-refractivity contribution is 0.915. The highest BCUT2D eigenvalue weighted by Gasteiger charge is 2.27. The summed E-state index contributed by atoms with van der Waals surface area (Å²) in [5.74, 6) is 2.06. The monoisotopic (exact) mass is 284 g/mol. The van der Waals surface area contributed by atoms with Crippen molar-refractivity contribution in [1.29, 1.82) is 5.26 Å². The van der Waals surface area contributed by atoms with Crippen molar-refractivity contribution in [3.8, 4) is 6.07 Å². The second-order valence-electron chi connectivity index (χ2n) is 4.90. The lowest BCUT2D eigenvalue weighted by atomic mass is 10.2. The highest BCUT2D eigenvalue weighted by molar-refractivity contribution is 6.29. The second kappa shape index (κ2) is 5.10. The van der Waals surface area contributed by atoms with E-state index in [9.17, 15) is 0 Å². The quantitative estimate of drug-likeness (QED) is 0.807. The maximum absolute atomic E-state index is 8.82. The molecule has 1 fully saturated rings. The molecule has 5 heteroatoms. The minimum absolute atomic E-state index is 0.460. The molecule has 1 aliphatic carbocycles. The van der Waals surface area contributed by atoms with E-state index in [2.05, 4.69) is 16.0 Å². The molecule has 0 spiro atoms. The Bertz CT molecular complexity index is 671. The van der Waals surface area contributed by atoms with E-state index in [1.165, 1.54) is 0 Å². The maximum Gasteiger partial charge on any atom is 0.137 e. The van der Waals surface area contributed by atoms with Crippen LogP contribution in [0, 0.1) is 11.3 Å². The van der Waals surface area contributed by atoms with Gasteiger partial charge in [0.25, 0.3) is 0 Å². The molecule has 1 aromatic heterocycles. The Hall–Kier alpha value is -2.12. The van der Waals surface area contributed by atoms with Gasteiger partial charge in [-0.1, -0.05) is 11.6 Å². The highest BCUT2D eigenvalue weighted by atomic mass is 35.5. The van der Waals surface area contributed by atoms with E-state index in [0.29, 0.717) is 16.6 Å². The van der Waals surface area contributed by atoms with Crippen molar-refractivity contribution in [2.45, 2.75) is 18.8 Å². The van der Waals surface area contributed by atoms with Crippen LogP contribution in [0.5, 0.6) is 0 Å². The van der Waals surface area contributed by atoms with Gasteiger partial charge in [0, 0.05) is 24.7 Å². The normalized spacial score (nSPS) is 13.8.